The third kappa shape index (κ3) is 2.04. The van der Waals surface area contributed by atoms with E-state index in [1.165, 1.54) is 16.5 Å². The first-order valence-corrected chi connectivity index (χ1v) is 6.71. The van der Waals surface area contributed by atoms with E-state index >= 15 is 0 Å². The summed E-state index contributed by atoms with van der Waals surface area (Å²) in [6, 6.07) is 4.11. The Bertz CT molecular complexity index is 582. The van der Waals surface area contributed by atoms with E-state index in [0.717, 1.165) is 17.0 Å². The fraction of sp³-hybridized carbons (Fsp3) is 0.467. The molecule has 2 N–H and O–H groups in total. The molecule has 0 aliphatic heterocycles. The summed E-state index contributed by atoms with van der Waals surface area (Å²) in [4.78, 5) is 0. The second kappa shape index (κ2) is 4.60. The van der Waals surface area contributed by atoms with Crippen LogP contribution in [0.1, 0.15) is 31.4 Å². The molecule has 1 heterocycles. The molecule has 0 aliphatic carbocycles. The van der Waals surface area contributed by atoms with Crippen LogP contribution in [0.15, 0.2) is 18.3 Å². The zero-order valence-electron chi connectivity index (χ0n) is 11.5. The van der Waals surface area contributed by atoms with Crippen molar-refractivity contribution in [2.24, 2.45) is 12.8 Å². The van der Waals surface area contributed by atoms with Gasteiger partial charge in [0.25, 0.3) is 0 Å². The molecule has 2 nitrogen and oxygen atoms in total. The minimum absolute atomic E-state index is 0.0918. The van der Waals surface area contributed by atoms with E-state index in [9.17, 15) is 0 Å². The maximum atomic E-state index is 6.21. The van der Waals surface area contributed by atoms with Crippen LogP contribution < -0.4 is 5.73 Å². The van der Waals surface area contributed by atoms with E-state index in [2.05, 4.69) is 44.6 Å². The van der Waals surface area contributed by atoms with Gasteiger partial charge in [-0.3, -0.25) is 0 Å². The number of halogens is 1. The van der Waals surface area contributed by atoms with Gasteiger partial charge in [-0.15, -0.1) is 0 Å². The van der Waals surface area contributed by atoms with Crippen molar-refractivity contribution >= 4 is 22.5 Å². The van der Waals surface area contributed by atoms with Crippen LogP contribution in [-0.4, -0.2) is 11.1 Å². The molecule has 2 rings (SSSR count). The molecular formula is C15H21ClN2. The van der Waals surface area contributed by atoms with Crippen molar-refractivity contribution in [1.29, 1.82) is 0 Å². The van der Waals surface area contributed by atoms with Crippen LogP contribution in [0.25, 0.3) is 10.9 Å². The van der Waals surface area contributed by atoms with Crippen molar-refractivity contribution in [2.45, 2.75) is 32.6 Å². The van der Waals surface area contributed by atoms with Crippen molar-refractivity contribution in [3.05, 3.63) is 34.5 Å². The van der Waals surface area contributed by atoms with Gasteiger partial charge < -0.3 is 10.3 Å². The number of nitrogens with two attached hydrogens (primary N) is 1. The first kappa shape index (κ1) is 13.4. The van der Waals surface area contributed by atoms with E-state index in [-0.39, 0.29) is 5.41 Å². The van der Waals surface area contributed by atoms with Gasteiger partial charge in [0, 0.05) is 23.7 Å². The van der Waals surface area contributed by atoms with Gasteiger partial charge in [-0.05, 0) is 42.5 Å². The summed E-state index contributed by atoms with van der Waals surface area (Å²) in [5.74, 6) is 0. The van der Waals surface area contributed by atoms with E-state index in [1.54, 1.807) is 0 Å². The number of rotatable bonds is 3. The Labute approximate surface area is 114 Å². The summed E-state index contributed by atoms with van der Waals surface area (Å²) in [7, 11) is 2.08. The molecule has 0 amide bonds. The fourth-order valence-corrected chi connectivity index (χ4v) is 2.86. The number of nitrogens with zero attached hydrogens (tertiary/aromatic N) is 1. The van der Waals surface area contributed by atoms with Gasteiger partial charge >= 0.3 is 0 Å². The van der Waals surface area contributed by atoms with Gasteiger partial charge in [-0.1, -0.05) is 31.5 Å². The van der Waals surface area contributed by atoms with Crippen molar-refractivity contribution in [2.75, 3.05) is 6.54 Å². The molecule has 1 aromatic carbocycles. The Morgan fingerprint density at radius 1 is 1.33 bits per heavy atom. The Hall–Kier alpha value is -0.990. The second-order valence-electron chi connectivity index (χ2n) is 5.64. The predicted molar refractivity (Wildman–Crippen MR) is 79.4 cm³/mol. The number of benzene rings is 1. The summed E-state index contributed by atoms with van der Waals surface area (Å²) in [5, 5.41) is 2.12. The molecule has 0 unspecified atom stereocenters. The van der Waals surface area contributed by atoms with E-state index in [1.807, 2.05) is 6.07 Å². The summed E-state index contributed by atoms with van der Waals surface area (Å²) in [6.07, 6.45) is 3.19. The normalized spacial score (nSPS) is 12.3. The SMILES string of the molecule is Cc1c(Cl)ccc2c(C(C)(C)CCN)cn(C)c12. The van der Waals surface area contributed by atoms with Crippen LogP contribution >= 0.6 is 11.6 Å². The number of hydrogen-bond acceptors (Lipinski definition) is 1. The Balaban J connectivity index is 2.72. The lowest BCUT2D eigenvalue weighted by atomic mass is 9.81. The lowest BCUT2D eigenvalue weighted by Gasteiger charge is -2.23. The molecule has 0 saturated carbocycles. The zero-order chi connectivity index (χ0) is 13.5. The minimum atomic E-state index is 0.0918. The molecule has 0 bridgehead atoms. The average molecular weight is 265 g/mol. The molecule has 0 saturated heterocycles. The van der Waals surface area contributed by atoms with Crippen LogP contribution in [0.5, 0.6) is 0 Å². The molecule has 0 radical (unpaired) electrons. The van der Waals surface area contributed by atoms with E-state index in [4.69, 9.17) is 17.3 Å². The van der Waals surface area contributed by atoms with Gasteiger partial charge in [0.1, 0.15) is 0 Å². The fourth-order valence-electron chi connectivity index (χ4n) is 2.71. The molecule has 0 aliphatic rings. The largest absolute Gasteiger partial charge is 0.350 e. The van der Waals surface area contributed by atoms with Gasteiger partial charge in [0.2, 0.25) is 0 Å². The third-order valence-corrected chi connectivity index (χ3v) is 4.24. The lowest BCUT2D eigenvalue weighted by molar-refractivity contribution is 0.490. The molecule has 98 valence electrons. The molecule has 1 aromatic heterocycles. The number of fused-ring (bicyclic) bond motifs is 1. The summed E-state index contributed by atoms with van der Waals surface area (Å²) < 4.78 is 2.17. The first-order chi connectivity index (χ1) is 8.38. The zero-order valence-corrected chi connectivity index (χ0v) is 12.3. The van der Waals surface area contributed by atoms with Crippen molar-refractivity contribution in [3.8, 4) is 0 Å². The summed E-state index contributed by atoms with van der Waals surface area (Å²) >= 11 is 6.21. The molecule has 0 fully saturated rings. The molecule has 3 heteroatoms. The summed E-state index contributed by atoms with van der Waals surface area (Å²) in [5.41, 5.74) is 9.54. The lowest BCUT2D eigenvalue weighted by Crippen LogP contribution is -2.21. The molecule has 0 atom stereocenters. The smallest absolute Gasteiger partial charge is 0.0525 e. The van der Waals surface area contributed by atoms with Crippen LogP contribution in [0.2, 0.25) is 5.02 Å². The quantitative estimate of drug-likeness (QED) is 0.899. The standard InChI is InChI=1S/C15H21ClN2/c1-10-13(16)6-5-11-12(9-18(4)14(10)11)15(2,3)7-8-17/h5-6,9H,7-8,17H2,1-4H3. The molecular weight excluding hydrogens is 244 g/mol. The van der Waals surface area contributed by atoms with Crippen LogP contribution in [-0.2, 0) is 12.5 Å². The minimum Gasteiger partial charge on any atom is -0.350 e. The van der Waals surface area contributed by atoms with Gasteiger partial charge in [0.05, 0.1) is 5.52 Å². The van der Waals surface area contributed by atoms with Crippen LogP contribution in [0, 0.1) is 6.92 Å². The molecule has 0 spiro atoms. The average Bonchev–Trinajstić information content (AvgIpc) is 2.62. The summed E-state index contributed by atoms with van der Waals surface area (Å²) in [6.45, 7) is 7.28. The van der Waals surface area contributed by atoms with Crippen LogP contribution in [0.3, 0.4) is 0 Å². The maximum absolute atomic E-state index is 6.21. The molecule has 2 aromatic rings. The van der Waals surface area contributed by atoms with Gasteiger partial charge in [0.15, 0.2) is 0 Å². The number of hydrogen-bond donors (Lipinski definition) is 1. The monoisotopic (exact) mass is 264 g/mol. The van der Waals surface area contributed by atoms with Crippen LogP contribution in [0.4, 0.5) is 0 Å². The highest BCUT2D eigenvalue weighted by Gasteiger charge is 2.24. The van der Waals surface area contributed by atoms with E-state index in [0.29, 0.717) is 6.54 Å². The van der Waals surface area contributed by atoms with Gasteiger partial charge in [-0.25, -0.2) is 0 Å². The Kier molecular flexibility index (Phi) is 3.43. The van der Waals surface area contributed by atoms with E-state index < -0.39 is 0 Å². The highest BCUT2D eigenvalue weighted by molar-refractivity contribution is 6.32. The molecule has 18 heavy (non-hydrogen) atoms. The van der Waals surface area contributed by atoms with Crippen molar-refractivity contribution in [1.82, 2.24) is 4.57 Å². The number of aryl methyl sites for hydroxylation is 2. The van der Waals surface area contributed by atoms with Crippen molar-refractivity contribution in [3.63, 3.8) is 0 Å². The Morgan fingerprint density at radius 3 is 2.61 bits per heavy atom. The number of aromatic nitrogens is 1. The van der Waals surface area contributed by atoms with Gasteiger partial charge in [-0.2, -0.15) is 0 Å². The maximum Gasteiger partial charge on any atom is 0.0525 e. The third-order valence-electron chi connectivity index (χ3n) is 3.83. The topological polar surface area (TPSA) is 30.9 Å². The first-order valence-electron chi connectivity index (χ1n) is 6.33. The predicted octanol–water partition coefficient (Wildman–Crippen LogP) is 3.77. The van der Waals surface area contributed by atoms with Crippen molar-refractivity contribution < 1.29 is 0 Å². The highest BCUT2D eigenvalue weighted by atomic mass is 35.5. The second-order valence-corrected chi connectivity index (χ2v) is 6.05. The Morgan fingerprint density at radius 2 is 2.00 bits per heavy atom. The highest BCUT2D eigenvalue weighted by Crippen LogP contribution is 2.36.